The first kappa shape index (κ1) is 21.5. The van der Waals surface area contributed by atoms with Gasteiger partial charge in [-0.2, -0.15) is 0 Å². The minimum Gasteiger partial charge on any atom is -0.390 e. The number of methoxy groups -OCH3 is 1. The molecule has 1 aliphatic rings. The van der Waals surface area contributed by atoms with E-state index in [9.17, 15) is 9.90 Å². The second kappa shape index (κ2) is 9.06. The van der Waals surface area contributed by atoms with Gasteiger partial charge in [-0.1, -0.05) is 38.1 Å². The molecule has 3 rings (SSSR count). The Hall–Kier alpha value is -2.24. The monoisotopic (exact) mass is 396 g/mol. The zero-order valence-corrected chi connectivity index (χ0v) is 17.9. The molecule has 0 saturated carbocycles. The lowest BCUT2D eigenvalue weighted by molar-refractivity contribution is 0.0650. The number of hydrogen-bond donors (Lipinski definition) is 2. The first-order valence-electron chi connectivity index (χ1n) is 10.3. The summed E-state index contributed by atoms with van der Waals surface area (Å²) in [5.41, 5.74) is 5.69. The molecular weight excluding hydrogens is 364 g/mol. The van der Waals surface area contributed by atoms with Crippen LogP contribution in [0.5, 0.6) is 0 Å². The van der Waals surface area contributed by atoms with Crippen LogP contribution in [0.3, 0.4) is 0 Å². The summed E-state index contributed by atoms with van der Waals surface area (Å²) in [6.45, 7) is 6.79. The van der Waals surface area contributed by atoms with Crippen molar-refractivity contribution in [2.45, 2.75) is 59.0 Å². The highest BCUT2D eigenvalue weighted by molar-refractivity contribution is 5.95. The van der Waals surface area contributed by atoms with Gasteiger partial charge in [-0.15, -0.1) is 0 Å². The predicted molar refractivity (Wildman–Crippen MR) is 115 cm³/mol. The van der Waals surface area contributed by atoms with E-state index in [1.165, 1.54) is 5.57 Å². The van der Waals surface area contributed by atoms with Crippen molar-refractivity contribution in [3.05, 3.63) is 58.7 Å². The van der Waals surface area contributed by atoms with Gasteiger partial charge in [0.05, 0.1) is 12.7 Å². The molecular formula is C24H32N2O3. The van der Waals surface area contributed by atoms with E-state index in [4.69, 9.17) is 4.74 Å². The maximum atomic E-state index is 12.7. The molecule has 0 bridgehead atoms. The molecule has 0 radical (unpaired) electrons. The number of benzene rings is 1. The van der Waals surface area contributed by atoms with Gasteiger partial charge in [-0.3, -0.25) is 4.79 Å². The molecule has 0 fully saturated rings. The maximum Gasteiger partial charge on any atom is 0.202 e. The number of hydrogen-bond acceptors (Lipinski definition) is 4. The van der Waals surface area contributed by atoms with Crippen molar-refractivity contribution in [2.75, 3.05) is 13.7 Å². The molecule has 29 heavy (non-hydrogen) atoms. The van der Waals surface area contributed by atoms with E-state index in [1.807, 2.05) is 19.1 Å². The Balaban J connectivity index is 1.90. The average Bonchev–Trinajstić information content (AvgIpc) is 3.10. The van der Waals surface area contributed by atoms with Crippen molar-refractivity contribution in [3.63, 3.8) is 0 Å². The van der Waals surface area contributed by atoms with Gasteiger partial charge >= 0.3 is 0 Å². The number of Topliss-reactive ketones (excluding diaryl/α,β-unsaturated/α-hetero) is 1. The summed E-state index contributed by atoms with van der Waals surface area (Å²) in [5.74, 6) is 0.398. The van der Waals surface area contributed by atoms with Gasteiger partial charge in [-0.05, 0) is 53.9 Å². The van der Waals surface area contributed by atoms with E-state index in [0.717, 1.165) is 41.6 Å². The molecule has 1 aromatic carbocycles. The first-order chi connectivity index (χ1) is 13.8. The van der Waals surface area contributed by atoms with Crippen LogP contribution >= 0.6 is 0 Å². The van der Waals surface area contributed by atoms with Crippen molar-refractivity contribution in [2.24, 2.45) is 5.41 Å². The van der Waals surface area contributed by atoms with Crippen LogP contribution in [-0.2, 0) is 17.6 Å². The van der Waals surface area contributed by atoms with Crippen molar-refractivity contribution < 1.29 is 14.6 Å². The molecule has 5 nitrogen and oxygen atoms in total. The fraction of sp³-hybridized carbons (Fsp3) is 0.500. The summed E-state index contributed by atoms with van der Waals surface area (Å²) in [6, 6.07) is 6.17. The zero-order valence-electron chi connectivity index (χ0n) is 17.9. The third kappa shape index (κ3) is 5.64. The quantitative estimate of drug-likeness (QED) is 0.653. The van der Waals surface area contributed by atoms with Crippen LogP contribution in [0.2, 0.25) is 0 Å². The van der Waals surface area contributed by atoms with E-state index in [0.29, 0.717) is 30.7 Å². The van der Waals surface area contributed by atoms with Gasteiger partial charge in [-0.25, -0.2) is 4.98 Å². The third-order valence-corrected chi connectivity index (χ3v) is 5.64. The average molecular weight is 397 g/mol. The molecule has 0 aliphatic heterocycles. The van der Waals surface area contributed by atoms with E-state index in [-0.39, 0.29) is 5.78 Å². The molecule has 0 spiro atoms. The Bertz CT molecular complexity index is 895. The van der Waals surface area contributed by atoms with Gasteiger partial charge in [0, 0.05) is 31.8 Å². The normalized spacial score (nSPS) is 17.1. The molecule has 5 heteroatoms. The Labute approximate surface area is 173 Å². The number of aliphatic hydroxyl groups excluding tert-OH is 1. The van der Waals surface area contributed by atoms with Gasteiger partial charge in [0.1, 0.15) is 0 Å². The van der Waals surface area contributed by atoms with Crippen molar-refractivity contribution in [3.8, 4) is 0 Å². The summed E-state index contributed by atoms with van der Waals surface area (Å²) in [5, 5.41) is 10.1. The highest BCUT2D eigenvalue weighted by Crippen LogP contribution is 2.39. The highest BCUT2D eigenvalue weighted by atomic mass is 16.5. The molecule has 156 valence electrons. The van der Waals surface area contributed by atoms with Gasteiger partial charge in [0.2, 0.25) is 5.78 Å². The number of allylic oxidation sites excluding steroid dienone is 2. The van der Waals surface area contributed by atoms with E-state index in [1.54, 1.807) is 13.3 Å². The summed E-state index contributed by atoms with van der Waals surface area (Å²) < 4.78 is 5.06. The Morgan fingerprint density at radius 3 is 2.79 bits per heavy atom. The second-order valence-corrected chi connectivity index (χ2v) is 8.92. The predicted octanol–water partition coefficient (Wildman–Crippen LogP) is 4.29. The summed E-state index contributed by atoms with van der Waals surface area (Å²) in [7, 11) is 1.59. The highest BCUT2D eigenvalue weighted by Gasteiger charge is 2.24. The van der Waals surface area contributed by atoms with E-state index < -0.39 is 6.10 Å². The first-order valence-corrected chi connectivity index (χ1v) is 10.3. The van der Waals surface area contributed by atoms with Gasteiger partial charge < -0.3 is 14.8 Å². The Morgan fingerprint density at radius 2 is 2.17 bits per heavy atom. The number of aryl methyl sites for hydroxylation is 1. The lowest BCUT2D eigenvalue weighted by Crippen LogP contribution is -2.18. The Kier molecular flexibility index (Phi) is 6.70. The fourth-order valence-corrected chi connectivity index (χ4v) is 3.86. The second-order valence-electron chi connectivity index (χ2n) is 8.92. The zero-order chi connectivity index (χ0) is 21.0. The van der Waals surface area contributed by atoms with Crippen LogP contribution in [0, 0.1) is 12.3 Å². The number of carbonyl (C=O) groups is 1. The molecule has 1 atom stereocenters. The molecule has 1 heterocycles. The molecule has 1 aliphatic carbocycles. The topological polar surface area (TPSA) is 75.2 Å². The van der Waals surface area contributed by atoms with E-state index >= 15 is 0 Å². The van der Waals surface area contributed by atoms with Crippen molar-refractivity contribution in [1.29, 1.82) is 0 Å². The summed E-state index contributed by atoms with van der Waals surface area (Å²) in [6.07, 6.45) is 7.46. The minimum absolute atomic E-state index is 0.0109. The lowest BCUT2D eigenvalue weighted by atomic mass is 9.76. The van der Waals surface area contributed by atoms with Crippen LogP contribution in [-0.4, -0.2) is 40.7 Å². The van der Waals surface area contributed by atoms with Crippen molar-refractivity contribution in [1.82, 2.24) is 9.97 Å². The van der Waals surface area contributed by atoms with Crippen LogP contribution < -0.4 is 0 Å². The number of H-pyrrole nitrogens is 1. The molecule has 2 N–H and O–H groups in total. The SMILES string of the molecule is COCC(O)Cc1ccc(CC(=O)c2ncc(C)[nH]2)c(C2=CCC(C)(C)CC2)c1. The molecule has 1 aromatic heterocycles. The van der Waals surface area contributed by atoms with Crippen LogP contribution in [0.25, 0.3) is 5.57 Å². The van der Waals surface area contributed by atoms with Crippen LogP contribution in [0.1, 0.15) is 66.1 Å². The van der Waals surface area contributed by atoms with E-state index in [2.05, 4.69) is 36.0 Å². The Morgan fingerprint density at radius 1 is 1.38 bits per heavy atom. The number of aromatic nitrogens is 2. The maximum absolute atomic E-state index is 12.7. The summed E-state index contributed by atoms with van der Waals surface area (Å²) in [4.78, 5) is 20.0. The largest absolute Gasteiger partial charge is 0.390 e. The number of imidazole rings is 1. The lowest BCUT2D eigenvalue weighted by Gasteiger charge is -2.29. The summed E-state index contributed by atoms with van der Waals surface area (Å²) >= 11 is 0. The molecule has 0 amide bonds. The van der Waals surface area contributed by atoms with Crippen LogP contribution in [0.15, 0.2) is 30.5 Å². The number of aliphatic hydroxyl groups is 1. The van der Waals surface area contributed by atoms with Crippen LogP contribution in [0.4, 0.5) is 0 Å². The smallest absolute Gasteiger partial charge is 0.202 e. The molecule has 2 aromatic rings. The number of rotatable bonds is 8. The number of aromatic amines is 1. The number of ketones is 1. The standard InChI is InChI=1S/C24H32N2O3/c1-16-14-25-23(26-16)22(28)13-19-6-5-17(11-20(27)15-29-4)12-21(19)18-7-9-24(2,3)10-8-18/h5-7,12,14,20,27H,8-11,13,15H2,1-4H3,(H,25,26). The molecule has 0 saturated heterocycles. The van der Waals surface area contributed by atoms with Gasteiger partial charge in [0.25, 0.3) is 0 Å². The number of carbonyl (C=O) groups excluding carboxylic acids is 1. The minimum atomic E-state index is -0.536. The van der Waals surface area contributed by atoms with Crippen molar-refractivity contribution >= 4 is 11.4 Å². The number of ether oxygens (including phenoxy) is 1. The number of nitrogens with zero attached hydrogens (tertiary/aromatic N) is 1. The number of nitrogens with one attached hydrogen (secondary N) is 1. The third-order valence-electron chi connectivity index (χ3n) is 5.64. The van der Waals surface area contributed by atoms with Gasteiger partial charge in [0.15, 0.2) is 5.82 Å². The fourth-order valence-electron chi connectivity index (χ4n) is 3.86. The molecule has 1 unspecified atom stereocenters.